The molecule has 0 atom stereocenters. The third kappa shape index (κ3) is 1.91. The molecule has 0 aliphatic carbocycles. The Hall–Kier alpha value is -1.84. The fourth-order valence-corrected chi connectivity index (χ4v) is 1.75. The Balaban J connectivity index is 2.34. The van der Waals surface area contributed by atoms with Crippen molar-refractivity contribution in [2.24, 2.45) is 7.05 Å². The minimum absolute atomic E-state index is 0.0261. The van der Waals surface area contributed by atoms with Gasteiger partial charge in [0, 0.05) is 24.7 Å². The van der Waals surface area contributed by atoms with Gasteiger partial charge in [0.2, 0.25) is 0 Å². The molecule has 1 aromatic carbocycles. The number of nitrogens with zero attached hydrogens (tertiary/aromatic N) is 1. The van der Waals surface area contributed by atoms with Gasteiger partial charge in [0.1, 0.15) is 5.82 Å². The van der Waals surface area contributed by atoms with E-state index in [1.165, 1.54) is 16.8 Å². The van der Waals surface area contributed by atoms with Gasteiger partial charge in [-0.15, -0.1) is 0 Å². The smallest absolute Gasteiger partial charge is 0.269 e. The van der Waals surface area contributed by atoms with Gasteiger partial charge in [-0.25, -0.2) is 4.39 Å². The Labute approximate surface area is 92.5 Å². The highest BCUT2D eigenvalue weighted by Gasteiger charge is 2.09. The number of halogens is 1. The minimum atomic E-state index is -0.262. The topological polar surface area (TPSA) is 37.8 Å². The second-order valence-electron chi connectivity index (χ2n) is 3.88. The summed E-state index contributed by atoms with van der Waals surface area (Å²) < 4.78 is 14.2. The molecule has 2 rings (SSSR count). The maximum Gasteiger partial charge on any atom is 0.269 e. The molecule has 0 bridgehead atoms. The van der Waals surface area contributed by atoms with Gasteiger partial charge < -0.3 is 0 Å². The summed E-state index contributed by atoms with van der Waals surface area (Å²) in [5, 5.41) is 2.94. The van der Waals surface area contributed by atoms with Crippen LogP contribution in [0.5, 0.6) is 0 Å². The van der Waals surface area contributed by atoms with Crippen LogP contribution in [0.4, 0.5) is 4.39 Å². The van der Waals surface area contributed by atoms with E-state index in [1.807, 2.05) is 6.92 Å². The van der Waals surface area contributed by atoms with Gasteiger partial charge >= 0.3 is 0 Å². The van der Waals surface area contributed by atoms with Crippen molar-refractivity contribution < 1.29 is 4.39 Å². The quantitative estimate of drug-likeness (QED) is 0.822. The van der Waals surface area contributed by atoms with E-state index < -0.39 is 0 Å². The Morgan fingerprint density at radius 3 is 2.44 bits per heavy atom. The lowest BCUT2D eigenvalue weighted by molar-refractivity contribution is 0.627. The molecular formula is C12H13FN2O. The number of aryl methyl sites for hydroxylation is 2. The molecule has 0 spiro atoms. The lowest BCUT2D eigenvalue weighted by Gasteiger charge is -1.98. The zero-order chi connectivity index (χ0) is 11.7. The van der Waals surface area contributed by atoms with Crippen molar-refractivity contribution in [2.45, 2.75) is 13.3 Å². The summed E-state index contributed by atoms with van der Waals surface area (Å²) in [5.41, 5.74) is 2.49. The van der Waals surface area contributed by atoms with Crippen LogP contribution in [-0.2, 0) is 13.5 Å². The summed E-state index contributed by atoms with van der Waals surface area (Å²) >= 11 is 0. The van der Waals surface area contributed by atoms with E-state index >= 15 is 0 Å². The van der Waals surface area contributed by atoms with Crippen molar-refractivity contribution in [2.75, 3.05) is 0 Å². The highest BCUT2D eigenvalue weighted by Crippen LogP contribution is 2.09. The molecule has 0 aliphatic rings. The summed E-state index contributed by atoms with van der Waals surface area (Å²) in [6.07, 6.45) is 0.530. The Bertz CT molecular complexity index is 551. The van der Waals surface area contributed by atoms with E-state index in [1.54, 1.807) is 19.2 Å². The Kier molecular flexibility index (Phi) is 2.64. The standard InChI is InChI=1S/C12H13FN2O/c1-8-11(12(16)15(2)14-8)7-9-3-5-10(13)6-4-9/h3-6,14H,7H2,1-2H3. The number of aromatic amines is 1. The van der Waals surface area contributed by atoms with Crippen LogP contribution in [-0.4, -0.2) is 9.78 Å². The number of H-pyrrole nitrogens is 1. The van der Waals surface area contributed by atoms with Crippen LogP contribution in [0.25, 0.3) is 0 Å². The lowest BCUT2D eigenvalue weighted by Crippen LogP contribution is -2.15. The minimum Gasteiger partial charge on any atom is -0.300 e. The number of benzene rings is 1. The third-order valence-electron chi connectivity index (χ3n) is 2.65. The summed E-state index contributed by atoms with van der Waals surface area (Å²) in [4.78, 5) is 11.7. The molecule has 3 nitrogen and oxygen atoms in total. The SMILES string of the molecule is Cc1[nH]n(C)c(=O)c1Cc1ccc(F)cc1. The van der Waals surface area contributed by atoms with Gasteiger partial charge in [0.25, 0.3) is 5.56 Å². The average Bonchev–Trinajstić information content (AvgIpc) is 2.48. The molecule has 1 heterocycles. The zero-order valence-corrected chi connectivity index (χ0v) is 9.25. The van der Waals surface area contributed by atoms with E-state index in [4.69, 9.17) is 0 Å². The van der Waals surface area contributed by atoms with E-state index in [0.29, 0.717) is 6.42 Å². The second kappa shape index (κ2) is 3.96. The summed E-state index contributed by atoms with van der Waals surface area (Å²) in [7, 11) is 1.68. The maximum atomic E-state index is 12.7. The summed E-state index contributed by atoms with van der Waals surface area (Å²) in [5.74, 6) is -0.262. The number of rotatable bonds is 2. The lowest BCUT2D eigenvalue weighted by atomic mass is 10.1. The summed E-state index contributed by atoms with van der Waals surface area (Å²) in [6, 6.07) is 6.20. The predicted molar refractivity (Wildman–Crippen MR) is 60.0 cm³/mol. The molecule has 1 N–H and O–H groups in total. The van der Waals surface area contributed by atoms with Gasteiger partial charge in [-0.1, -0.05) is 12.1 Å². The fraction of sp³-hybridized carbons (Fsp3) is 0.250. The van der Waals surface area contributed by atoms with Crippen molar-refractivity contribution >= 4 is 0 Å². The molecule has 1 aromatic heterocycles. The van der Waals surface area contributed by atoms with E-state index in [9.17, 15) is 9.18 Å². The van der Waals surface area contributed by atoms with Crippen LogP contribution in [0.3, 0.4) is 0 Å². The molecule has 0 saturated heterocycles. The van der Waals surface area contributed by atoms with Gasteiger partial charge in [-0.2, -0.15) is 0 Å². The van der Waals surface area contributed by atoms with Crippen LogP contribution in [0.2, 0.25) is 0 Å². The van der Waals surface area contributed by atoms with Gasteiger partial charge in [0.05, 0.1) is 0 Å². The number of hydrogen-bond acceptors (Lipinski definition) is 1. The molecule has 0 amide bonds. The van der Waals surface area contributed by atoms with E-state index in [0.717, 1.165) is 16.8 Å². The normalized spacial score (nSPS) is 10.7. The van der Waals surface area contributed by atoms with Crippen molar-refractivity contribution in [3.8, 4) is 0 Å². The zero-order valence-electron chi connectivity index (χ0n) is 9.25. The maximum absolute atomic E-state index is 12.7. The van der Waals surface area contributed by atoms with Crippen LogP contribution in [0.15, 0.2) is 29.1 Å². The van der Waals surface area contributed by atoms with Crippen molar-refractivity contribution in [3.05, 3.63) is 57.3 Å². The molecule has 0 unspecified atom stereocenters. The van der Waals surface area contributed by atoms with E-state index in [2.05, 4.69) is 5.10 Å². The fourth-order valence-electron chi connectivity index (χ4n) is 1.75. The second-order valence-corrected chi connectivity index (χ2v) is 3.88. The van der Waals surface area contributed by atoms with E-state index in [-0.39, 0.29) is 11.4 Å². The molecule has 16 heavy (non-hydrogen) atoms. The van der Waals surface area contributed by atoms with Gasteiger partial charge in [0.15, 0.2) is 0 Å². The van der Waals surface area contributed by atoms with Crippen LogP contribution >= 0.6 is 0 Å². The monoisotopic (exact) mass is 220 g/mol. The Morgan fingerprint density at radius 2 is 1.94 bits per heavy atom. The first-order valence-corrected chi connectivity index (χ1v) is 5.07. The number of aromatic nitrogens is 2. The summed E-state index contributed by atoms with van der Waals surface area (Å²) in [6.45, 7) is 1.86. The number of hydrogen-bond donors (Lipinski definition) is 1. The largest absolute Gasteiger partial charge is 0.300 e. The highest BCUT2D eigenvalue weighted by molar-refractivity contribution is 5.27. The molecule has 0 aliphatic heterocycles. The van der Waals surface area contributed by atoms with Gasteiger partial charge in [-0.3, -0.25) is 14.6 Å². The van der Waals surface area contributed by atoms with Crippen LogP contribution in [0, 0.1) is 12.7 Å². The molecule has 84 valence electrons. The van der Waals surface area contributed by atoms with Crippen LogP contribution < -0.4 is 5.56 Å². The molecule has 0 saturated carbocycles. The van der Waals surface area contributed by atoms with Crippen molar-refractivity contribution in [1.29, 1.82) is 0 Å². The first-order chi connectivity index (χ1) is 7.58. The molecule has 0 fully saturated rings. The predicted octanol–water partition coefficient (Wildman–Crippen LogP) is 1.75. The Morgan fingerprint density at radius 1 is 1.31 bits per heavy atom. The molecule has 4 heteroatoms. The van der Waals surface area contributed by atoms with Crippen LogP contribution in [0.1, 0.15) is 16.8 Å². The number of nitrogens with one attached hydrogen (secondary N) is 1. The van der Waals surface area contributed by atoms with Crippen molar-refractivity contribution in [3.63, 3.8) is 0 Å². The molecule has 0 radical (unpaired) electrons. The molecular weight excluding hydrogens is 207 g/mol. The first kappa shape index (κ1) is 10.7. The van der Waals surface area contributed by atoms with Crippen molar-refractivity contribution in [1.82, 2.24) is 9.78 Å². The first-order valence-electron chi connectivity index (χ1n) is 5.07. The highest BCUT2D eigenvalue weighted by atomic mass is 19.1. The average molecular weight is 220 g/mol. The third-order valence-corrected chi connectivity index (χ3v) is 2.65. The van der Waals surface area contributed by atoms with Gasteiger partial charge in [-0.05, 0) is 24.6 Å². The molecule has 2 aromatic rings.